The SMILES string of the molecule is C=CCOC(=O)C1=C(C)Nc2nc(SCC)nn2C1c1ccc(OCCCCCC)c(OC)c1. The predicted molar refractivity (Wildman–Crippen MR) is 135 cm³/mol. The van der Waals surface area contributed by atoms with Gasteiger partial charge in [-0.25, -0.2) is 9.48 Å². The molecule has 1 aliphatic heterocycles. The Morgan fingerprint density at radius 1 is 1.26 bits per heavy atom. The second kappa shape index (κ2) is 12.5. The van der Waals surface area contributed by atoms with Crippen molar-refractivity contribution in [1.82, 2.24) is 14.8 Å². The number of nitrogens with one attached hydrogen (secondary N) is 1. The molecule has 2 heterocycles. The van der Waals surface area contributed by atoms with Gasteiger partial charge in [0, 0.05) is 5.70 Å². The number of fused-ring (bicyclic) bond motifs is 1. The van der Waals surface area contributed by atoms with Crippen LogP contribution in [0.5, 0.6) is 11.5 Å². The summed E-state index contributed by atoms with van der Waals surface area (Å²) < 4.78 is 18.8. The van der Waals surface area contributed by atoms with E-state index in [0.29, 0.717) is 40.5 Å². The molecule has 2 aromatic rings. The maximum absolute atomic E-state index is 13.1. The Bertz CT molecular complexity index is 1030. The van der Waals surface area contributed by atoms with Crippen LogP contribution >= 0.6 is 11.8 Å². The van der Waals surface area contributed by atoms with E-state index < -0.39 is 12.0 Å². The van der Waals surface area contributed by atoms with Crippen molar-refractivity contribution in [3.8, 4) is 11.5 Å². The number of esters is 1. The molecule has 1 aromatic heterocycles. The number of carbonyl (C=O) groups is 1. The van der Waals surface area contributed by atoms with E-state index in [4.69, 9.17) is 14.2 Å². The van der Waals surface area contributed by atoms with Gasteiger partial charge in [0.2, 0.25) is 11.1 Å². The number of ether oxygens (including phenoxy) is 3. The van der Waals surface area contributed by atoms with Gasteiger partial charge < -0.3 is 19.5 Å². The number of anilines is 1. The van der Waals surface area contributed by atoms with Gasteiger partial charge in [0.05, 0.1) is 19.3 Å². The standard InChI is InChI=1S/C25H34N4O4S/c1-6-9-10-11-15-32-19-13-12-18(16-20(19)31-5)22-21(23(30)33-14-7-2)17(4)26-24-27-25(34-8-3)28-29(22)24/h7,12-13,16,22H,2,6,8-11,14-15H2,1,3-5H3,(H,26,27,28). The number of rotatable bonds is 13. The fourth-order valence-electron chi connectivity index (χ4n) is 3.79. The zero-order valence-corrected chi connectivity index (χ0v) is 21.2. The van der Waals surface area contributed by atoms with Gasteiger partial charge >= 0.3 is 5.97 Å². The Morgan fingerprint density at radius 2 is 2.09 bits per heavy atom. The number of nitrogens with zero attached hydrogens (tertiary/aromatic N) is 3. The monoisotopic (exact) mass is 486 g/mol. The summed E-state index contributed by atoms with van der Waals surface area (Å²) in [4.78, 5) is 17.6. The highest BCUT2D eigenvalue weighted by molar-refractivity contribution is 7.99. The van der Waals surface area contributed by atoms with E-state index in [-0.39, 0.29) is 6.61 Å². The summed E-state index contributed by atoms with van der Waals surface area (Å²) in [6.07, 6.45) is 6.06. The molecule has 1 aromatic carbocycles. The first-order chi connectivity index (χ1) is 16.5. The summed E-state index contributed by atoms with van der Waals surface area (Å²) >= 11 is 1.54. The van der Waals surface area contributed by atoms with Gasteiger partial charge in [-0.2, -0.15) is 4.98 Å². The van der Waals surface area contributed by atoms with E-state index in [1.54, 1.807) is 17.9 Å². The van der Waals surface area contributed by atoms with Crippen LogP contribution in [0.25, 0.3) is 0 Å². The number of allylic oxidation sites excluding steroid dienone is 1. The van der Waals surface area contributed by atoms with Gasteiger partial charge in [-0.3, -0.25) is 0 Å². The number of unbranched alkanes of at least 4 members (excludes halogenated alkanes) is 3. The second-order valence-corrected chi connectivity index (χ2v) is 9.10. The van der Waals surface area contributed by atoms with E-state index in [2.05, 4.69) is 28.9 Å². The van der Waals surface area contributed by atoms with Crippen molar-refractivity contribution in [2.45, 2.75) is 57.7 Å². The molecule has 0 bridgehead atoms. The molecule has 0 aliphatic carbocycles. The number of carbonyl (C=O) groups excluding carboxylic acids is 1. The summed E-state index contributed by atoms with van der Waals surface area (Å²) in [5, 5.41) is 8.52. The van der Waals surface area contributed by atoms with E-state index >= 15 is 0 Å². The number of thioether (sulfide) groups is 1. The molecule has 34 heavy (non-hydrogen) atoms. The van der Waals surface area contributed by atoms with Crippen molar-refractivity contribution in [3.63, 3.8) is 0 Å². The fraction of sp³-hybridized carbons (Fsp3) is 0.480. The van der Waals surface area contributed by atoms with Crippen LogP contribution in [0.1, 0.15) is 58.1 Å². The van der Waals surface area contributed by atoms with Crippen molar-refractivity contribution >= 4 is 23.7 Å². The average Bonchev–Trinajstić information content (AvgIpc) is 3.23. The molecule has 0 fully saturated rings. The van der Waals surface area contributed by atoms with Crippen LogP contribution in [0.3, 0.4) is 0 Å². The molecule has 8 nitrogen and oxygen atoms in total. The summed E-state index contributed by atoms with van der Waals surface area (Å²) in [6.45, 7) is 10.5. The quantitative estimate of drug-likeness (QED) is 0.175. The fourth-order valence-corrected chi connectivity index (χ4v) is 4.35. The predicted octanol–water partition coefficient (Wildman–Crippen LogP) is 5.38. The maximum atomic E-state index is 13.1. The number of hydrogen-bond acceptors (Lipinski definition) is 8. The normalized spacial score (nSPS) is 14.9. The van der Waals surface area contributed by atoms with Crippen molar-refractivity contribution < 1.29 is 19.0 Å². The Balaban J connectivity index is 1.97. The largest absolute Gasteiger partial charge is 0.493 e. The van der Waals surface area contributed by atoms with Gasteiger partial charge in [-0.1, -0.05) is 63.6 Å². The lowest BCUT2D eigenvalue weighted by molar-refractivity contribution is -0.138. The Kier molecular flexibility index (Phi) is 9.44. The topological polar surface area (TPSA) is 87.5 Å². The van der Waals surface area contributed by atoms with Gasteiger partial charge in [0.15, 0.2) is 11.5 Å². The van der Waals surface area contributed by atoms with Crippen molar-refractivity contribution in [1.29, 1.82) is 0 Å². The van der Waals surface area contributed by atoms with Gasteiger partial charge in [0.1, 0.15) is 12.6 Å². The molecule has 1 aliphatic rings. The van der Waals surface area contributed by atoms with Crippen molar-refractivity contribution in [3.05, 3.63) is 47.7 Å². The second-order valence-electron chi connectivity index (χ2n) is 7.87. The van der Waals surface area contributed by atoms with Crippen molar-refractivity contribution in [2.24, 2.45) is 0 Å². The van der Waals surface area contributed by atoms with E-state index in [0.717, 1.165) is 24.2 Å². The highest BCUT2D eigenvalue weighted by Crippen LogP contribution is 2.39. The molecule has 0 saturated carbocycles. The smallest absolute Gasteiger partial charge is 0.338 e. The highest BCUT2D eigenvalue weighted by Gasteiger charge is 2.35. The van der Waals surface area contributed by atoms with Crippen LogP contribution < -0.4 is 14.8 Å². The number of aromatic nitrogens is 3. The molecule has 0 radical (unpaired) electrons. The first-order valence-electron chi connectivity index (χ1n) is 11.7. The first kappa shape index (κ1) is 25.7. The number of methoxy groups -OCH3 is 1. The number of hydrogen-bond donors (Lipinski definition) is 1. The third-order valence-electron chi connectivity index (χ3n) is 5.42. The lowest BCUT2D eigenvalue weighted by Crippen LogP contribution is -2.29. The third kappa shape index (κ3) is 5.94. The molecule has 0 amide bonds. The minimum Gasteiger partial charge on any atom is -0.493 e. The van der Waals surface area contributed by atoms with Crippen LogP contribution in [-0.2, 0) is 9.53 Å². The molecular weight excluding hydrogens is 452 g/mol. The molecule has 0 spiro atoms. The lowest BCUT2D eigenvalue weighted by atomic mass is 9.95. The summed E-state index contributed by atoms with van der Waals surface area (Å²) in [5.74, 6) is 2.26. The van der Waals surface area contributed by atoms with E-state index in [1.807, 2.05) is 32.0 Å². The Labute approximate surface area is 205 Å². The van der Waals surface area contributed by atoms with Gasteiger partial charge in [-0.05, 0) is 36.8 Å². The summed E-state index contributed by atoms with van der Waals surface area (Å²) in [6, 6.07) is 5.19. The molecule has 184 valence electrons. The maximum Gasteiger partial charge on any atom is 0.338 e. The van der Waals surface area contributed by atoms with Gasteiger partial charge in [-0.15, -0.1) is 5.10 Å². The van der Waals surface area contributed by atoms with E-state index in [1.165, 1.54) is 24.6 Å². The van der Waals surface area contributed by atoms with E-state index in [9.17, 15) is 4.79 Å². The zero-order valence-electron chi connectivity index (χ0n) is 20.4. The lowest BCUT2D eigenvalue weighted by Gasteiger charge is -2.28. The van der Waals surface area contributed by atoms with Crippen LogP contribution in [0.15, 0.2) is 47.3 Å². The van der Waals surface area contributed by atoms with Gasteiger partial charge in [0.25, 0.3) is 0 Å². The molecule has 0 saturated heterocycles. The molecule has 1 unspecified atom stereocenters. The van der Waals surface area contributed by atoms with Crippen LogP contribution in [-0.4, -0.2) is 46.8 Å². The van der Waals surface area contributed by atoms with Crippen LogP contribution in [0, 0.1) is 0 Å². The van der Waals surface area contributed by atoms with Crippen LogP contribution in [0.4, 0.5) is 5.95 Å². The summed E-state index contributed by atoms with van der Waals surface area (Å²) in [7, 11) is 1.61. The Morgan fingerprint density at radius 3 is 2.79 bits per heavy atom. The van der Waals surface area contributed by atoms with Crippen LogP contribution in [0.2, 0.25) is 0 Å². The minimum absolute atomic E-state index is 0.123. The summed E-state index contributed by atoms with van der Waals surface area (Å²) in [5.41, 5.74) is 1.95. The third-order valence-corrected chi connectivity index (χ3v) is 6.14. The Hall–Kier alpha value is -2.94. The van der Waals surface area contributed by atoms with Crippen molar-refractivity contribution in [2.75, 3.05) is 31.4 Å². The number of benzene rings is 1. The average molecular weight is 487 g/mol. The zero-order chi connectivity index (χ0) is 24.5. The molecule has 3 rings (SSSR count). The first-order valence-corrected chi connectivity index (χ1v) is 12.7. The molecule has 1 atom stereocenters. The molecule has 9 heteroatoms. The highest BCUT2D eigenvalue weighted by atomic mass is 32.2. The molecular formula is C25H34N4O4S. The molecule has 1 N–H and O–H groups in total. The minimum atomic E-state index is -0.528.